The SMILES string of the molecule is OC(c1cccnc1)c1c(-c2cccs2)coc1C1CCCCC1F. The zero-order valence-corrected chi connectivity index (χ0v) is 14.6. The molecular formula is C20H20FNO2S. The number of aromatic nitrogens is 1. The number of thiophene rings is 1. The third-order valence-electron chi connectivity index (χ3n) is 4.94. The Labute approximate surface area is 150 Å². The maximum atomic E-state index is 14.6. The van der Waals surface area contributed by atoms with Gasteiger partial charge >= 0.3 is 0 Å². The molecule has 0 aliphatic heterocycles. The van der Waals surface area contributed by atoms with Crippen molar-refractivity contribution in [2.24, 2.45) is 0 Å². The molecule has 25 heavy (non-hydrogen) atoms. The Morgan fingerprint density at radius 3 is 2.84 bits per heavy atom. The van der Waals surface area contributed by atoms with Crippen LogP contribution in [0.25, 0.3) is 10.4 Å². The molecular weight excluding hydrogens is 337 g/mol. The number of pyridine rings is 1. The normalized spacial score (nSPS) is 22.0. The van der Waals surface area contributed by atoms with Crippen molar-refractivity contribution in [1.29, 1.82) is 0 Å². The average Bonchev–Trinajstić information content (AvgIpc) is 3.31. The molecule has 1 N–H and O–H groups in total. The lowest BCUT2D eigenvalue weighted by Gasteiger charge is -2.26. The molecule has 0 radical (unpaired) electrons. The predicted molar refractivity (Wildman–Crippen MR) is 96.4 cm³/mol. The summed E-state index contributed by atoms with van der Waals surface area (Å²) in [5, 5.41) is 13.0. The maximum absolute atomic E-state index is 14.6. The first-order chi connectivity index (χ1) is 12.3. The van der Waals surface area contributed by atoms with Gasteiger partial charge in [-0.15, -0.1) is 11.3 Å². The van der Waals surface area contributed by atoms with E-state index in [-0.39, 0.29) is 5.92 Å². The first kappa shape index (κ1) is 16.5. The van der Waals surface area contributed by atoms with Crippen molar-refractivity contribution < 1.29 is 13.9 Å². The lowest BCUT2D eigenvalue weighted by molar-refractivity contribution is 0.184. The van der Waals surface area contributed by atoms with Crippen molar-refractivity contribution in [3.63, 3.8) is 0 Å². The second-order valence-corrected chi connectivity index (χ2v) is 7.45. The minimum atomic E-state index is -0.920. The number of aliphatic hydroxyl groups is 1. The van der Waals surface area contributed by atoms with Gasteiger partial charge in [0, 0.05) is 39.9 Å². The van der Waals surface area contributed by atoms with Crippen LogP contribution < -0.4 is 0 Å². The number of furan rings is 1. The molecule has 3 nitrogen and oxygen atoms in total. The third-order valence-corrected chi connectivity index (χ3v) is 5.84. The van der Waals surface area contributed by atoms with Gasteiger partial charge in [-0.3, -0.25) is 4.98 Å². The highest BCUT2D eigenvalue weighted by molar-refractivity contribution is 7.13. The Bertz CT molecular complexity index is 816. The number of hydrogen-bond acceptors (Lipinski definition) is 4. The molecule has 1 aliphatic carbocycles. The number of halogens is 1. The Morgan fingerprint density at radius 2 is 2.12 bits per heavy atom. The Kier molecular flexibility index (Phi) is 4.68. The van der Waals surface area contributed by atoms with Crippen molar-refractivity contribution in [3.8, 4) is 10.4 Å². The number of rotatable bonds is 4. The molecule has 0 amide bonds. The predicted octanol–water partition coefficient (Wildman–Crippen LogP) is 5.48. The molecule has 4 rings (SSSR count). The molecule has 1 fully saturated rings. The van der Waals surface area contributed by atoms with Crippen LogP contribution in [0, 0.1) is 0 Å². The van der Waals surface area contributed by atoms with E-state index in [1.54, 1.807) is 36.1 Å². The van der Waals surface area contributed by atoms with Gasteiger partial charge < -0.3 is 9.52 Å². The highest BCUT2D eigenvalue weighted by Crippen LogP contribution is 2.44. The van der Waals surface area contributed by atoms with Crippen LogP contribution in [0.2, 0.25) is 0 Å². The lowest BCUT2D eigenvalue weighted by Crippen LogP contribution is -2.20. The number of hydrogen-bond donors (Lipinski definition) is 1. The van der Waals surface area contributed by atoms with Gasteiger partial charge in [-0.25, -0.2) is 4.39 Å². The summed E-state index contributed by atoms with van der Waals surface area (Å²) < 4.78 is 20.4. The summed E-state index contributed by atoms with van der Waals surface area (Å²) in [7, 11) is 0. The van der Waals surface area contributed by atoms with Gasteiger partial charge in [-0.2, -0.15) is 0 Å². The molecule has 3 atom stereocenters. The van der Waals surface area contributed by atoms with Crippen LogP contribution in [0.15, 0.2) is 52.7 Å². The highest BCUT2D eigenvalue weighted by Gasteiger charge is 2.34. The van der Waals surface area contributed by atoms with Crippen LogP contribution in [0.5, 0.6) is 0 Å². The molecule has 5 heteroatoms. The van der Waals surface area contributed by atoms with E-state index in [0.717, 1.165) is 29.7 Å². The van der Waals surface area contributed by atoms with Crippen molar-refractivity contribution in [3.05, 3.63) is 65.2 Å². The van der Waals surface area contributed by atoms with Gasteiger partial charge in [-0.05, 0) is 30.4 Å². The van der Waals surface area contributed by atoms with Crippen LogP contribution in [0.1, 0.15) is 54.6 Å². The summed E-state index contributed by atoms with van der Waals surface area (Å²) in [5.74, 6) is 0.302. The molecule has 0 spiro atoms. The largest absolute Gasteiger partial charge is 0.468 e. The summed E-state index contributed by atoms with van der Waals surface area (Å²) in [6, 6.07) is 7.58. The standard InChI is InChI=1S/C20H20FNO2S/c21-16-7-2-1-6-14(16)20-18(19(23)13-5-3-9-22-11-13)15(12-24-20)17-8-4-10-25-17/h3-5,8-12,14,16,19,23H,1-2,6-7H2. The monoisotopic (exact) mass is 357 g/mol. The van der Waals surface area contributed by atoms with Gasteiger partial charge in [0.15, 0.2) is 0 Å². The summed E-state index contributed by atoms with van der Waals surface area (Å²) in [6.45, 7) is 0. The third kappa shape index (κ3) is 3.14. The van der Waals surface area contributed by atoms with E-state index >= 15 is 0 Å². The van der Waals surface area contributed by atoms with Gasteiger partial charge in [0.25, 0.3) is 0 Å². The molecule has 0 aromatic carbocycles. The zero-order valence-electron chi connectivity index (χ0n) is 13.8. The fourth-order valence-corrected chi connectivity index (χ4v) is 4.41. The summed E-state index contributed by atoms with van der Waals surface area (Å²) in [5.41, 5.74) is 2.22. The summed E-state index contributed by atoms with van der Waals surface area (Å²) >= 11 is 1.58. The van der Waals surface area contributed by atoms with Crippen LogP contribution in [0.3, 0.4) is 0 Å². The average molecular weight is 357 g/mol. The Balaban J connectivity index is 1.82. The van der Waals surface area contributed by atoms with E-state index in [4.69, 9.17) is 4.42 Å². The van der Waals surface area contributed by atoms with Crippen LogP contribution >= 0.6 is 11.3 Å². The number of aliphatic hydroxyl groups excluding tert-OH is 1. The molecule has 3 aromatic heterocycles. The van der Waals surface area contributed by atoms with E-state index < -0.39 is 12.3 Å². The van der Waals surface area contributed by atoms with Crippen molar-refractivity contribution in [2.75, 3.05) is 0 Å². The maximum Gasteiger partial charge on any atom is 0.116 e. The second kappa shape index (κ2) is 7.10. The molecule has 0 saturated heterocycles. The Hall–Kier alpha value is -1.98. The minimum absolute atomic E-state index is 0.288. The molecule has 1 saturated carbocycles. The van der Waals surface area contributed by atoms with Crippen LogP contribution in [0.4, 0.5) is 4.39 Å². The van der Waals surface area contributed by atoms with Crippen molar-refractivity contribution in [2.45, 2.75) is 43.9 Å². The smallest absolute Gasteiger partial charge is 0.116 e. The number of alkyl halides is 1. The topological polar surface area (TPSA) is 46.3 Å². The van der Waals surface area contributed by atoms with Crippen molar-refractivity contribution in [1.82, 2.24) is 4.98 Å². The highest BCUT2D eigenvalue weighted by atomic mass is 32.1. The molecule has 1 aliphatic rings. The Morgan fingerprint density at radius 1 is 1.24 bits per heavy atom. The zero-order chi connectivity index (χ0) is 17.2. The molecule has 3 heterocycles. The van der Waals surface area contributed by atoms with E-state index in [1.807, 2.05) is 23.6 Å². The van der Waals surface area contributed by atoms with E-state index in [1.165, 1.54) is 0 Å². The molecule has 3 unspecified atom stereocenters. The van der Waals surface area contributed by atoms with Crippen LogP contribution in [-0.4, -0.2) is 16.3 Å². The van der Waals surface area contributed by atoms with Crippen molar-refractivity contribution >= 4 is 11.3 Å². The molecule has 3 aromatic rings. The minimum Gasteiger partial charge on any atom is -0.468 e. The van der Waals surface area contributed by atoms with E-state index in [2.05, 4.69) is 4.98 Å². The fraction of sp³-hybridized carbons (Fsp3) is 0.350. The van der Waals surface area contributed by atoms with Gasteiger partial charge in [0.05, 0.1) is 6.26 Å². The summed E-state index contributed by atoms with van der Waals surface area (Å²) in [4.78, 5) is 5.12. The molecule has 130 valence electrons. The first-order valence-electron chi connectivity index (χ1n) is 8.63. The quantitative estimate of drug-likeness (QED) is 0.672. The van der Waals surface area contributed by atoms with Gasteiger partial charge in [0.1, 0.15) is 18.0 Å². The first-order valence-corrected chi connectivity index (χ1v) is 9.51. The molecule has 0 bridgehead atoms. The van der Waals surface area contributed by atoms with Gasteiger partial charge in [0.2, 0.25) is 0 Å². The van der Waals surface area contributed by atoms with Crippen LogP contribution in [-0.2, 0) is 0 Å². The second-order valence-electron chi connectivity index (χ2n) is 6.50. The fourth-order valence-electron chi connectivity index (χ4n) is 3.66. The van der Waals surface area contributed by atoms with Gasteiger partial charge in [-0.1, -0.05) is 25.0 Å². The number of nitrogens with zero attached hydrogens (tertiary/aromatic N) is 1. The van der Waals surface area contributed by atoms with E-state index in [9.17, 15) is 9.50 Å². The summed E-state index contributed by atoms with van der Waals surface area (Å²) in [6.07, 6.45) is 6.40. The van der Waals surface area contributed by atoms with E-state index in [0.29, 0.717) is 23.3 Å². The lowest BCUT2D eigenvalue weighted by atomic mass is 9.82.